The smallest absolute Gasteiger partial charge is 0.328 e. The molecule has 1 aromatic carbocycles. The maximum atomic E-state index is 14.2. The lowest BCUT2D eigenvalue weighted by atomic mass is 9.84. The van der Waals surface area contributed by atoms with Crippen LogP contribution in [0.25, 0.3) is 0 Å². The van der Waals surface area contributed by atoms with Crippen LogP contribution >= 0.6 is 0 Å². The summed E-state index contributed by atoms with van der Waals surface area (Å²) in [5.41, 5.74) is 0.958. The zero-order chi connectivity index (χ0) is 25.8. The minimum absolute atomic E-state index is 0.126. The molecule has 198 valence electrons. The van der Waals surface area contributed by atoms with Crippen molar-refractivity contribution in [3.63, 3.8) is 0 Å². The molecule has 2 aromatic rings. The predicted octanol–water partition coefficient (Wildman–Crippen LogP) is 5.69. The summed E-state index contributed by atoms with van der Waals surface area (Å²) in [6.45, 7) is 6.42. The normalized spacial score (nSPS) is 22.4. The van der Waals surface area contributed by atoms with E-state index in [4.69, 9.17) is 14.7 Å². The Morgan fingerprint density at radius 2 is 1.92 bits per heavy atom. The fourth-order valence-corrected chi connectivity index (χ4v) is 5.77. The first kappa shape index (κ1) is 25.6. The number of aromatic nitrogens is 1. The first-order valence-corrected chi connectivity index (χ1v) is 13.8. The highest BCUT2D eigenvalue weighted by Crippen LogP contribution is 2.39. The lowest BCUT2D eigenvalue weighted by Gasteiger charge is -2.43. The van der Waals surface area contributed by atoms with E-state index < -0.39 is 5.54 Å². The van der Waals surface area contributed by atoms with E-state index in [9.17, 15) is 9.18 Å². The number of ether oxygens (including phenoxy) is 1. The Bertz CT molecular complexity index is 1120. The third-order valence-electron chi connectivity index (χ3n) is 8.00. The number of carbonyl (C=O) groups is 1. The molecule has 1 spiro atoms. The summed E-state index contributed by atoms with van der Waals surface area (Å²) < 4.78 is 20.1. The molecule has 1 aliphatic carbocycles. The monoisotopic (exact) mass is 507 g/mol. The van der Waals surface area contributed by atoms with Crippen molar-refractivity contribution >= 4 is 17.6 Å². The molecule has 0 radical (unpaired) electrons. The molecule has 1 atom stereocenters. The molecule has 2 aliphatic heterocycles. The van der Waals surface area contributed by atoms with Gasteiger partial charge in [0.2, 0.25) is 5.88 Å². The average Bonchev–Trinajstić information content (AvgIpc) is 3.16. The molecule has 5 rings (SSSR count). The van der Waals surface area contributed by atoms with E-state index >= 15 is 0 Å². The summed E-state index contributed by atoms with van der Waals surface area (Å²) in [4.78, 5) is 27.3. The fourth-order valence-electron chi connectivity index (χ4n) is 5.77. The summed E-state index contributed by atoms with van der Waals surface area (Å²) in [5, 5.41) is 3.09. The largest absolute Gasteiger partial charge is 0.475 e. The van der Waals surface area contributed by atoms with Crippen LogP contribution in [0, 0.1) is 5.82 Å². The van der Waals surface area contributed by atoms with Crippen LogP contribution in [0.2, 0.25) is 0 Å². The Morgan fingerprint density at radius 3 is 2.65 bits per heavy atom. The molecule has 37 heavy (non-hydrogen) atoms. The first-order chi connectivity index (χ1) is 18.0. The van der Waals surface area contributed by atoms with E-state index in [0.717, 1.165) is 56.7 Å². The molecule has 8 heteroatoms. The van der Waals surface area contributed by atoms with Gasteiger partial charge < -0.3 is 4.74 Å². The van der Waals surface area contributed by atoms with Crippen LogP contribution in [0.4, 0.5) is 14.9 Å². The Kier molecular flexibility index (Phi) is 7.74. The molecule has 1 unspecified atom stereocenters. The van der Waals surface area contributed by atoms with Gasteiger partial charge in [-0.1, -0.05) is 38.3 Å². The second kappa shape index (κ2) is 11.2. The number of amides is 2. The molecular formula is C29H38FN5O2. The van der Waals surface area contributed by atoms with Crippen molar-refractivity contribution < 1.29 is 13.9 Å². The summed E-state index contributed by atoms with van der Waals surface area (Å²) in [5.74, 6) is 1.07. The van der Waals surface area contributed by atoms with E-state index in [1.807, 2.05) is 31.2 Å². The minimum Gasteiger partial charge on any atom is -0.475 e. The zero-order valence-corrected chi connectivity index (χ0v) is 22.0. The summed E-state index contributed by atoms with van der Waals surface area (Å²) >= 11 is 0. The van der Waals surface area contributed by atoms with E-state index in [1.54, 1.807) is 11.0 Å². The quantitative estimate of drug-likeness (QED) is 0.522. The maximum absolute atomic E-state index is 14.2. The SMILES string of the molecule is CCC(C)Oc1cccc(CN2CCC3(CC2)C(=NC2CCCCC2)NC(=O)N3c2cccc(F)c2)n1. The van der Waals surface area contributed by atoms with Crippen LogP contribution in [0.15, 0.2) is 47.5 Å². The molecule has 3 heterocycles. The van der Waals surface area contributed by atoms with Crippen molar-refractivity contribution in [2.45, 2.75) is 89.4 Å². The molecule has 1 N–H and O–H groups in total. The van der Waals surface area contributed by atoms with Crippen molar-refractivity contribution in [1.29, 1.82) is 0 Å². The van der Waals surface area contributed by atoms with Gasteiger partial charge >= 0.3 is 6.03 Å². The summed E-state index contributed by atoms with van der Waals surface area (Å²) in [6, 6.07) is 12.3. The topological polar surface area (TPSA) is 70.1 Å². The number of anilines is 1. The number of urea groups is 1. The predicted molar refractivity (Wildman–Crippen MR) is 144 cm³/mol. The van der Waals surface area contributed by atoms with Gasteiger partial charge in [0.1, 0.15) is 17.2 Å². The van der Waals surface area contributed by atoms with E-state index in [0.29, 0.717) is 18.1 Å². The van der Waals surface area contributed by atoms with Gasteiger partial charge in [-0.15, -0.1) is 0 Å². The summed E-state index contributed by atoms with van der Waals surface area (Å²) in [6.07, 6.45) is 8.21. The fraction of sp³-hybridized carbons (Fsp3) is 0.552. The highest BCUT2D eigenvalue weighted by Gasteiger charge is 2.53. The lowest BCUT2D eigenvalue weighted by Crippen LogP contribution is -2.57. The van der Waals surface area contributed by atoms with Gasteiger partial charge in [0.05, 0.1) is 17.8 Å². The van der Waals surface area contributed by atoms with Gasteiger partial charge in [-0.05, 0) is 63.3 Å². The Morgan fingerprint density at radius 1 is 1.16 bits per heavy atom. The van der Waals surface area contributed by atoms with Crippen molar-refractivity contribution in [3.05, 3.63) is 54.0 Å². The van der Waals surface area contributed by atoms with Gasteiger partial charge in [0.25, 0.3) is 0 Å². The second-order valence-electron chi connectivity index (χ2n) is 10.6. The number of likely N-dealkylation sites (tertiary alicyclic amines) is 1. The average molecular weight is 508 g/mol. The number of nitrogens with one attached hydrogen (secondary N) is 1. The van der Waals surface area contributed by atoms with Crippen LogP contribution in [0.5, 0.6) is 5.88 Å². The number of nitrogens with zero attached hydrogens (tertiary/aromatic N) is 4. The van der Waals surface area contributed by atoms with E-state index in [1.165, 1.54) is 31.4 Å². The highest BCUT2D eigenvalue weighted by molar-refractivity contribution is 6.19. The standard InChI is InChI=1S/C29H38FN5O2/c1-3-21(2)37-26-14-8-12-24(31-26)20-34-17-15-29(16-18-34)27(32-23-10-5-4-6-11-23)33-28(36)35(29)25-13-7-9-22(30)19-25/h7-9,12-14,19,21,23H,3-6,10-11,15-18,20H2,1-2H3,(H,32,33,36). The van der Waals surface area contributed by atoms with Crippen LogP contribution in [0.3, 0.4) is 0 Å². The molecular weight excluding hydrogens is 469 g/mol. The van der Waals surface area contributed by atoms with Gasteiger partial charge in [-0.3, -0.25) is 20.1 Å². The van der Waals surface area contributed by atoms with Gasteiger partial charge in [-0.25, -0.2) is 14.2 Å². The molecule has 3 aliphatic rings. The van der Waals surface area contributed by atoms with Crippen molar-refractivity contribution in [1.82, 2.24) is 15.2 Å². The molecule has 2 saturated heterocycles. The van der Waals surface area contributed by atoms with Gasteiger partial charge in [0, 0.05) is 31.4 Å². The van der Waals surface area contributed by atoms with Gasteiger partial charge in [0.15, 0.2) is 0 Å². The number of hydrogen-bond donors (Lipinski definition) is 1. The van der Waals surface area contributed by atoms with Crippen LogP contribution in [0.1, 0.15) is 70.9 Å². The first-order valence-electron chi connectivity index (χ1n) is 13.8. The number of piperidine rings is 1. The molecule has 7 nitrogen and oxygen atoms in total. The number of halogens is 1. The molecule has 1 aromatic heterocycles. The van der Waals surface area contributed by atoms with Crippen LogP contribution in [-0.4, -0.2) is 52.5 Å². The number of rotatable bonds is 7. The zero-order valence-electron chi connectivity index (χ0n) is 22.0. The Balaban J connectivity index is 1.37. The van der Waals surface area contributed by atoms with Gasteiger partial charge in [-0.2, -0.15) is 0 Å². The number of pyridine rings is 1. The number of amidine groups is 1. The molecule has 2 amide bonds. The number of benzene rings is 1. The van der Waals surface area contributed by atoms with Crippen LogP contribution in [-0.2, 0) is 6.54 Å². The summed E-state index contributed by atoms with van der Waals surface area (Å²) in [7, 11) is 0. The van der Waals surface area contributed by atoms with Crippen molar-refractivity contribution in [2.75, 3.05) is 18.0 Å². The molecule has 3 fully saturated rings. The minimum atomic E-state index is -0.590. The number of hydrogen-bond acceptors (Lipinski definition) is 5. The number of carbonyl (C=O) groups excluding carboxylic acids is 1. The molecule has 1 saturated carbocycles. The van der Waals surface area contributed by atoms with E-state index in [-0.39, 0.29) is 24.0 Å². The van der Waals surface area contributed by atoms with E-state index in [2.05, 4.69) is 17.1 Å². The third kappa shape index (κ3) is 5.64. The third-order valence-corrected chi connectivity index (χ3v) is 8.00. The molecule has 0 bridgehead atoms. The Hall–Kier alpha value is -3.00. The van der Waals surface area contributed by atoms with Crippen LogP contribution < -0.4 is 15.0 Å². The lowest BCUT2D eigenvalue weighted by molar-refractivity contribution is 0.179. The maximum Gasteiger partial charge on any atom is 0.328 e. The highest BCUT2D eigenvalue weighted by atomic mass is 19.1. The second-order valence-corrected chi connectivity index (χ2v) is 10.6. The number of aliphatic imine (C=N–C) groups is 1. The Labute approximate surface area is 219 Å². The van der Waals surface area contributed by atoms with Crippen molar-refractivity contribution in [3.8, 4) is 5.88 Å². The van der Waals surface area contributed by atoms with Crippen molar-refractivity contribution in [2.24, 2.45) is 4.99 Å².